The van der Waals surface area contributed by atoms with Gasteiger partial charge in [0.25, 0.3) is 0 Å². The average Bonchev–Trinajstić information content (AvgIpc) is 2.72. The number of carbonyl (C=O) groups is 6. The summed E-state index contributed by atoms with van der Waals surface area (Å²) in [5.74, 6) is -7.06. The quantitative estimate of drug-likeness (QED) is 0.0574. The van der Waals surface area contributed by atoms with Gasteiger partial charge in [0.05, 0.1) is 12.5 Å². The second kappa shape index (κ2) is 15.0. The van der Waals surface area contributed by atoms with Crippen molar-refractivity contribution in [3.05, 3.63) is 0 Å². The van der Waals surface area contributed by atoms with Crippen molar-refractivity contribution in [2.75, 3.05) is 6.54 Å². The number of rotatable bonds is 16. The van der Waals surface area contributed by atoms with Gasteiger partial charge in [0.15, 0.2) is 5.96 Å². The lowest BCUT2D eigenvalue weighted by Crippen LogP contribution is -2.57. The Bertz CT molecular complexity index is 799. The third-order valence-electron chi connectivity index (χ3n) is 4.33. The minimum Gasteiger partial charge on any atom is -0.481 e. The van der Waals surface area contributed by atoms with Gasteiger partial charge in [-0.15, -0.1) is 0 Å². The van der Waals surface area contributed by atoms with Crippen LogP contribution in [0.2, 0.25) is 0 Å². The number of amides is 3. The largest absolute Gasteiger partial charge is 0.481 e. The number of carboxylic acids is 3. The van der Waals surface area contributed by atoms with Gasteiger partial charge < -0.3 is 48.5 Å². The molecular formula is C18H31N7O9. The zero-order chi connectivity index (χ0) is 26.4. The average molecular weight is 489 g/mol. The lowest BCUT2D eigenvalue weighted by Gasteiger charge is -2.24. The predicted octanol–water partition coefficient (Wildman–Crippen LogP) is -3.73. The summed E-state index contributed by atoms with van der Waals surface area (Å²) >= 11 is 0. The van der Waals surface area contributed by atoms with Gasteiger partial charge in [-0.1, -0.05) is 0 Å². The number of hydrogen-bond donors (Lipinski definition) is 9. The van der Waals surface area contributed by atoms with Gasteiger partial charge in [0.2, 0.25) is 17.7 Å². The van der Waals surface area contributed by atoms with E-state index in [1.807, 2.05) is 0 Å². The Morgan fingerprint density at radius 3 is 1.88 bits per heavy atom. The second-order valence-electron chi connectivity index (χ2n) is 7.28. The number of hydrogen-bond acceptors (Lipinski definition) is 8. The van der Waals surface area contributed by atoms with E-state index in [0.29, 0.717) is 0 Å². The van der Waals surface area contributed by atoms with Gasteiger partial charge in [0, 0.05) is 13.0 Å². The normalized spacial score (nSPS) is 13.9. The highest BCUT2D eigenvalue weighted by Gasteiger charge is 2.30. The van der Waals surface area contributed by atoms with Crippen molar-refractivity contribution in [1.82, 2.24) is 16.0 Å². The van der Waals surface area contributed by atoms with E-state index >= 15 is 0 Å². The van der Waals surface area contributed by atoms with Gasteiger partial charge in [0.1, 0.15) is 18.1 Å². The first-order chi connectivity index (χ1) is 15.7. The molecule has 0 aromatic rings. The maximum absolute atomic E-state index is 12.7. The summed E-state index contributed by atoms with van der Waals surface area (Å²) in [6.45, 7) is 1.29. The molecule has 34 heavy (non-hydrogen) atoms. The Morgan fingerprint density at radius 2 is 1.38 bits per heavy atom. The third kappa shape index (κ3) is 12.8. The van der Waals surface area contributed by atoms with E-state index in [9.17, 15) is 28.8 Å². The molecule has 0 rings (SSSR count). The van der Waals surface area contributed by atoms with Gasteiger partial charge in [-0.2, -0.15) is 0 Å². The summed E-state index contributed by atoms with van der Waals surface area (Å²) in [6, 6.07) is -5.56. The Labute approximate surface area is 194 Å². The van der Waals surface area contributed by atoms with Crippen molar-refractivity contribution in [3.8, 4) is 0 Å². The summed E-state index contributed by atoms with van der Waals surface area (Å²) in [5, 5.41) is 33.3. The Morgan fingerprint density at radius 1 is 0.824 bits per heavy atom. The molecule has 16 heteroatoms. The van der Waals surface area contributed by atoms with Crippen molar-refractivity contribution in [1.29, 1.82) is 0 Å². The first kappa shape index (κ1) is 30.1. The van der Waals surface area contributed by atoms with Crippen LogP contribution in [0.5, 0.6) is 0 Å². The molecule has 0 heterocycles. The highest BCUT2D eigenvalue weighted by atomic mass is 16.4. The topological polar surface area (TPSA) is 290 Å². The molecule has 0 aromatic carbocycles. The minimum atomic E-state index is -1.65. The van der Waals surface area contributed by atoms with Gasteiger partial charge in [-0.25, -0.2) is 0 Å². The van der Waals surface area contributed by atoms with Crippen molar-refractivity contribution in [2.24, 2.45) is 22.2 Å². The highest BCUT2D eigenvalue weighted by molar-refractivity contribution is 5.95. The summed E-state index contributed by atoms with van der Waals surface area (Å²) in [7, 11) is 0. The van der Waals surface area contributed by atoms with E-state index in [4.69, 9.17) is 32.5 Å². The third-order valence-corrected chi connectivity index (χ3v) is 4.33. The fraction of sp³-hybridized carbons (Fsp3) is 0.611. The molecule has 12 N–H and O–H groups in total. The van der Waals surface area contributed by atoms with Gasteiger partial charge >= 0.3 is 17.9 Å². The predicted molar refractivity (Wildman–Crippen MR) is 116 cm³/mol. The van der Waals surface area contributed by atoms with E-state index in [0.717, 1.165) is 0 Å². The summed E-state index contributed by atoms with van der Waals surface area (Å²) in [6.07, 6.45) is -1.41. The summed E-state index contributed by atoms with van der Waals surface area (Å²) in [5.41, 5.74) is 16.0. The molecule has 0 aromatic heterocycles. The molecule has 0 radical (unpaired) electrons. The van der Waals surface area contributed by atoms with E-state index < -0.39 is 72.6 Å². The number of nitrogens with zero attached hydrogens (tertiary/aromatic N) is 1. The molecule has 4 unspecified atom stereocenters. The van der Waals surface area contributed by atoms with E-state index in [1.165, 1.54) is 6.92 Å². The van der Waals surface area contributed by atoms with Crippen molar-refractivity contribution >= 4 is 41.6 Å². The van der Waals surface area contributed by atoms with Crippen LogP contribution in [0.3, 0.4) is 0 Å². The highest BCUT2D eigenvalue weighted by Crippen LogP contribution is 2.04. The molecule has 3 amide bonds. The first-order valence-corrected chi connectivity index (χ1v) is 10.1. The van der Waals surface area contributed by atoms with Gasteiger partial charge in [-0.3, -0.25) is 33.8 Å². The number of carbonyl (C=O) groups excluding carboxylic acids is 3. The van der Waals surface area contributed by atoms with Crippen molar-refractivity contribution in [2.45, 2.75) is 63.2 Å². The number of aliphatic imine (C=N–C) groups is 1. The van der Waals surface area contributed by atoms with Crippen LogP contribution in [0.15, 0.2) is 4.99 Å². The number of aliphatic carboxylic acids is 3. The SMILES string of the molecule is CC(NC(=O)C(CCCN=C(N)N)NC(=O)C(CC(=O)O)NC(=O)C(N)CCC(=O)O)C(=O)O. The molecule has 192 valence electrons. The lowest BCUT2D eigenvalue weighted by molar-refractivity contribution is -0.143. The Hall–Kier alpha value is -3.95. The fourth-order valence-electron chi connectivity index (χ4n) is 2.49. The van der Waals surface area contributed by atoms with Crippen LogP contribution in [-0.2, 0) is 28.8 Å². The molecule has 0 fully saturated rings. The molecule has 0 bridgehead atoms. The zero-order valence-corrected chi connectivity index (χ0v) is 18.5. The van der Waals surface area contributed by atoms with Crippen LogP contribution in [0.1, 0.15) is 39.0 Å². The summed E-state index contributed by atoms with van der Waals surface area (Å²) < 4.78 is 0. The Kier molecular flexibility index (Phi) is 13.2. The standard InChI is InChI=1S/C18H31N7O9/c1-8(17(33)34)23-15(31)10(3-2-6-22-18(20)21)24-16(32)11(7-13(28)29)25-14(30)9(19)4-5-12(26)27/h8-11H,2-7,19H2,1H3,(H,23,31)(H,24,32)(H,25,30)(H,26,27)(H,28,29)(H,33,34)(H4,20,21,22). The maximum atomic E-state index is 12.7. The number of nitrogens with two attached hydrogens (primary N) is 3. The molecule has 0 aliphatic heterocycles. The van der Waals surface area contributed by atoms with Crippen molar-refractivity contribution in [3.63, 3.8) is 0 Å². The number of guanidine groups is 1. The van der Waals surface area contributed by atoms with E-state index in [2.05, 4.69) is 20.9 Å². The van der Waals surface area contributed by atoms with Crippen molar-refractivity contribution < 1.29 is 44.1 Å². The molecule has 0 spiro atoms. The monoisotopic (exact) mass is 489 g/mol. The van der Waals surface area contributed by atoms with E-state index in [1.54, 1.807) is 0 Å². The minimum absolute atomic E-state index is 0.0491. The van der Waals surface area contributed by atoms with Crippen LogP contribution in [0.25, 0.3) is 0 Å². The molecule has 0 aliphatic carbocycles. The van der Waals surface area contributed by atoms with Crippen LogP contribution >= 0.6 is 0 Å². The fourth-order valence-corrected chi connectivity index (χ4v) is 2.49. The van der Waals surface area contributed by atoms with Gasteiger partial charge in [-0.05, 0) is 26.2 Å². The van der Waals surface area contributed by atoms with Crippen LogP contribution in [-0.4, -0.2) is 87.6 Å². The first-order valence-electron chi connectivity index (χ1n) is 10.1. The number of carboxylic acid groups (broad SMARTS) is 3. The van der Waals surface area contributed by atoms with Crippen LogP contribution in [0, 0.1) is 0 Å². The van der Waals surface area contributed by atoms with E-state index in [-0.39, 0.29) is 31.8 Å². The zero-order valence-electron chi connectivity index (χ0n) is 18.5. The molecule has 0 aliphatic rings. The molecule has 0 saturated heterocycles. The molecular weight excluding hydrogens is 458 g/mol. The lowest BCUT2D eigenvalue weighted by atomic mass is 10.1. The maximum Gasteiger partial charge on any atom is 0.325 e. The smallest absolute Gasteiger partial charge is 0.325 e. The molecule has 16 nitrogen and oxygen atoms in total. The second-order valence-corrected chi connectivity index (χ2v) is 7.28. The van der Waals surface area contributed by atoms with Crippen LogP contribution < -0.4 is 33.2 Å². The Balaban J connectivity index is 5.44. The molecule has 4 atom stereocenters. The molecule has 0 saturated carbocycles. The number of nitrogens with one attached hydrogen (secondary N) is 3. The summed E-state index contributed by atoms with van der Waals surface area (Å²) in [4.78, 5) is 73.9. The van der Waals surface area contributed by atoms with Crippen LogP contribution in [0.4, 0.5) is 0 Å².